The summed E-state index contributed by atoms with van der Waals surface area (Å²) in [6, 6.07) is 5.75. The Morgan fingerprint density at radius 2 is 2.33 bits per heavy atom. The average molecular weight is 204 g/mol. The van der Waals surface area contributed by atoms with E-state index in [0.717, 1.165) is 17.0 Å². The highest BCUT2D eigenvalue weighted by molar-refractivity contribution is 5.67. The van der Waals surface area contributed by atoms with E-state index in [0.29, 0.717) is 6.42 Å². The van der Waals surface area contributed by atoms with Gasteiger partial charge in [0.05, 0.1) is 12.1 Å². The second-order valence-corrected chi connectivity index (χ2v) is 3.47. The summed E-state index contributed by atoms with van der Waals surface area (Å²) in [7, 11) is 0. The van der Waals surface area contributed by atoms with Crippen molar-refractivity contribution in [2.75, 3.05) is 0 Å². The van der Waals surface area contributed by atoms with E-state index in [4.69, 9.17) is 5.11 Å². The van der Waals surface area contributed by atoms with Crippen molar-refractivity contribution < 1.29 is 9.90 Å². The molecule has 0 aromatic carbocycles. The highest BCUT2D eigenvalue weighted by Crippen LogP contribution is 2.13. The number of aliphatic carboxylic acids is 1. The predicted molar refractivity (Wildman–Crippen MR) is 55.9 cm³/mol. The highest BCUT2D eigenvalue weighted by atomic mass is 16.4. The van der Waals surface area contributed by atoms with Gasteiger partial charge in [-0.15, -0.1) is 0 Å². The van der Waals surface area contributed by atoms with Gasteiger partial charge >= 0.3 is 5.97 Å². The lowest BCUT2D eigenvalue weighted by Gasteiger charge is -2.00. The Labute approximate surface area is 87.2 Å². The predicted octanol–water partition coefficient (Wildman–Crippen LogP) is 1.66. The molecule has 2 heterocycles. The van der Waals surface area contributed by atoms with Gasteiger partial charge in [-0.1, -0.05) is 6.07 Å². The summed E-state index contributed by atoms with van der Waals surface area (Å²) in [5.74, 6) is -0.778. The van der Waals surface area contributed by atoms with Gasteiger partial charge in [0.15, 0.2) is 0 Å². The molecular formula is C11H12N2O2. The first-order chi connectivity index (χ1) is 7.18. The fraction of sp³-hybridized carbons (Fsp3) is 0.273. The number of carbonyl (C=O) groups is 1. The average Bonchev–Trinajstić information content (AvgIpc) is 2.50. The van der Waals surface area contributed by atoms with Crippen LogP contribution in [0.4, 0.5) is 0 Å². The summed E-state index contributed by atoms with van der Waals surface area (Å²) in [4.78, 5) is 14.9. The Morgan fingerprint density at radius 1 is 1.53 bits per heavy atom. The van der Waals surface area contributed by atoms with Crippen molar-refractivity contribution in [2.45, 2.75) is 19.8 Å². The zero-order chi connectivity index (χ0) is 10.8. The zero-order valence-electron chi connectivity index (χ0n) is 8.47. The van der Waals surface area contributed by atoms with Gasteiger partial charge in [-0.3, -0.25) is 4.79 Å². The minimum atomic E-state index is -0.778. The van der Waals surface area contributed by atoms with Crippen molar-refractivity contribution in [1.29, 1.82) is 0 Å². The summed E-state index contributed by atoms with van der Waals surface area (Å²) < 4.78 is 1.94. The molecule has 2 rings (SSSR count). The van der Waals surface area contributed by atoms with Crippen LogP contribution in [-0.4, -0.2) is 20.5 Å². The molecular weight excluding hydrogens is 192 g/mol. The molecule has 0 radical (unpaired) electrons. The van der Waals surface area contributed by atoms with Crippen molar-refractivity contribution in [3.8, 4) is 0 Å². The van der Waals surface area contributed by atoms with E-state index in [1.165, 1.54) is 0 Å². The molecule has 0 aliphatic carbocycles. The van der Waals surface area contributed by atoms with Gasteiger partial charge < -0.3 is 9.51 Å². The van der Waals surface area contributed by atoms with Crippen LogP contribution < -0.4 is 0 Å². The number of hydrogen-bond acceptors (Lipinski definition) is 2. The van der Waals surface area contributed by atoms with Gasteiger partial charge in [-0.2, -0.15) is 0 Å². The van der Waals surface area contributed by atoms with Gasteiger partial charge in [-0.05, 0) is 19.1 Å². The van der Waals surface area contributed by atoms with E-state index in [1.807, 2.05) is 35.7 Å². The van der Waals surface area contributed by atoms with E-state index in [2.05, 4.69) is 4.98 Å². The summed E-state index contributed by atoms with van der Waals surface area (Å²) in [6.07, 6.45) is 2.57. The summed E-state index contributed by atoms with van der Waals surface area (Å²) in [5.41, 5.74) is 2.76. The summed E-state index contributed by atoms with van der Waals surface area (Å²) in [6.45, 7) is 1.91. The second-order valence-electron chi connectivity index (χ2n) is 3.47. The smallest absolute Gasteiger partial charge is 0.303 e. The second kappa shape index (κ2) is 3.73. The molecule has 0 saturated heterocycles. The van der Waals surface area contributed by atoms with Crippen molar-refractivity contribution in [2.24, 2.45) is 0 Å². The lowest BCUT2D eigenvalue weighted by molar-refractivity contribution is -0.136. The van der Waals surface area contributed by atoms with Crippen LogP contribution in [0.2, 0.25) is 0 Å². The Morgan fingerprint density at radius 3 is 3.07 bits per heavy atom. The van der Waals surface area contributed by atoms with E-state index < -0.39 is 5.97 Å². The SMILES string of the molecule is Cc1nc2ccccn2c1CCC(=O)O. The van der Waals surface area contributed by atoms with Gasteiger partial charge in [0.2, 0.25) is 0 Å². The van der Waals surface area contributed by atoms with Crippen LogP contribution in [0.3, 0.4) is 0 Å². The van der Waals surface area contributed by atoms with E-state index in [9.17, 15) is 4.79 Å². The fourth-order valence-corrected chi connectivity index (χ4v) is 1.69. The first kappa shape index (κ1) is 9.71. The number of carboxylic acid groups (broad SMARTS) is 1. The normalized spacial score (nSPS) is 10.7. The molecule has 0 fully saturated rings. The van der Waals surface area contributed by atoms with Crippen LogP contribution in [-0.2, 0) is 11.2 Å². The van der Waals surface area contributed by atoms with Gasteiger partial charge in [0.25, 0.3) is 0 Å². The zero-order valence-corrected chi connectivity index (χ0v) is 8.47. The Hall–Kier alpha value is -1.84. The third kappa shape index (κ3) is 1.83. The van der Waals surface area contributed by atoms with E-state index >= 15 is 0 Å². The minimum Gasteiger partial charge on any atom is -0.481 e. The molecule has 1 N–H and O–H groups in total. The minimum absolute atomic E-state index is 0.142. The van der Waals surface area contributed by atoms with Crippen LogP contribution >= 0.6 is 0 Å². The number of carboxylic acids is 1. The van der Waals surface area contributed by atoms with Crippen molar-refractivity contribution in [1.82, 2.24) is 9.38 Å². The van der Waals surface area contributed by atoms with E-state index in [1.54, 1.807) is 0 Å². The molecule has 4 nitrogen and oxygen atoms in total. The molecule has 0 aliphatic rings. The largest absolute Gasteiger partial charge is 0.481 e. The fourth-order valence-electron chi connectivity index (χ4n) is 1.69. The maximum atomic E-state index is 10.5. The number of imidazole rings is 1. The number of pyridine rings is 1. The number of rotatable bonds is 3. The molecule has 2 aromatic heterocycles. The quantitative estimate of drug-likeness (QED) is 0.827. The molecule has 0 unspecified atom stereocenters. The molecule has 0 amide bonds. The molecule has 0 atom stereocenters. The molecule has 2 aromatic rings. The molecule has 0 aliphatic heterocycles. The number of aromatic nitrogens is 2. The molecule has 78 valence electrons. The maximum Gasteiger partial charge on any atom is 0.303 e. The van der Waals surface area contributed by atoms with Crippen LogP contribution in [0.5, 0.6) is 0 Å². The van der Waals surface area contributed by atoms with Gasteiger partial charge in [-0.25, -0.2) is 4.98 Å². The van der Waals surface area contributed by atoms with Crippen LogP contribution in [0.15, 0.2) is 24.4 Å². The molecule has 0 bridgehead atoms. The monoisotopic (exact) mass is 204 g/mol. The topological polar surface area (TPSA) is 54.6 Å². The Balaban J connectivity index is 2.40. The highest BCUT2D eigenvalue weighted by Gasteiger charge is 2.09. The summed E-state index contributed by atoms with van der Waals surface area (Å²) >= 11 is 0. The van der Waals surface area contributed by atoms with Crippen LogP contribution in [0, 0.1) is 6.92 Å². The number of aryl methyl sites for hydroxylation is 2. The number of nitrogens with zero attached hydrogens (tertiary/aromatic N) is 2. The third-order valence-corrected chi connectivity index (χ3v) is 2.40. The van der Waals surface area contributed by atoms with Crippen molar-refractivity contribution in [3.05, 3.63) is 35.8 Å². The van der Waals surface area contributed by atoms with Gasteiger partial charge in [0, 0.05) is 18.3 Å². The van der Waals surface area contributed by atoms with E-state index in [-0.39, 0.29) is 6.42 Å². The standard InChI is InChI=1S/C11H12N2O2/c1-8-9(5-6-11(14)15)13-7-3-2-4-10(13)12-8/h2-4,7H,5-6H2,1H3,(H,14,15). The Bertz CT molecular complexity index is 502. The molecule has 15 heavy (non-hydrogen) atoms. The molecule has 4 heteroatoms. The molecule has 0 saturated carbocycles. The number of hydrogen-bond donors (Lipinski definition) is 1. The van der Waals surface area contributed by atoms with Crippen molar-refractivity contribution in [3.63, 3.8) is 0 Å². The third-order valence-electron chi connectivity index (χ3n) is 2.40. The lowest BCUT2D eigenvalue weighted by atomic mass is 10.2. The molecule has 0 spiro atoms. The first-order valence-electron chi connectivity index (χ1n) is 4.83. The maximum absolute atomic E-state index is 10.5. The lowest BCUT2D eigenvalue weighted by Crippen LogP contribution is -2.01. The van der Waals surface area contributed by atoms with Gasteiger partial charge in [0.1, 0.15) is 5.65 Å². The first-order valence-corrected chi connectivity index (χ1v) is 4.83. The van der Waals surface area contributed by atoms with Crippen LogP contribution in [0.25, 0.3) is 5.65 Å². The Kier molecular flexibility index (Phi) is 2.41. The van der Waals surface area contributed by atoms with Crippen molar-refractivity contribution >= 4 is 11.6 Å². The number of fused-ring (bicyclic) bond motifs is 1. The van der Waals surface area contributed by atoms with Crippen LogP contribution in [0.1, 0.15) is 17.8 Å². The summed E-state index contributed by atoms with van der Waals surface area (Å²) in [5, 5.41) is 8.65.